The van der Waals surface area contributed by atoms with Crippen molar-refractivity contribution >= 4 is 12.0 Å². The molecular formula is C14H19N3O4. The normalized spacial score (nSPS) is 11.5. The number of alkyl carbamates (subject to hydrolysis) is 1. The van der Waals surface area contributed by atoms with Crippen LogP contribution in [0.2, 0.25) is 0 Å². The summed E-state index contributed by atoms with van der Waals surface area (Å²) in [6.45, 7) is 3.75. The van der Waals surface area contributed by atoms with Gasteiger partial charge in [-0.15, -0.1) is 0 Å². The molecule has 0 aliphatic heterocycles. The van der Waals surface area contributed by atoms with E-state index >= 15 is 0 Å². The van der Waals surface area contributed by atoms with Crippen LogP contribution in [0.4, 0.5) is 4.79 Å². The summed E-state index contributed by atoms with van der Waals surface area (Å²) in [5, 5.41) is 13.4. The van der Waals surface area contributed by atoms with Gasteiger partial charge in [-0.05, 0) is 24.5 Å². The molecule has 1 rings (SSSR count). The third-order valence-electron chi connectivity index (χ3n) is 2.58. The van der Waals surface area contributed by atoms with Gasteiger partial charge in [-0.25, -0.2) is 4.79 Å². The Morgan fingerprint density at radius 2 is 2.24 bits per heavy atom. The third kappa shape index (κ3) is 6.47. The van der Waals surface area contributed by atoms with Crippen LogP contribution in [0.5, 0.6) is 0 Å². The number of hydrogen-bond acceptors (Lipinski definition) is 5. The molecule has 2 amide bonds. The molecule has 0 aliphatic rings. The number of amides is 2. The summed E-state index contributed by atoms with van der Waals surface area (Å²) in [4.78, 5) is 23.5. The summed E-state index contributed by atoms with van der Waals surface area (Å²) in [5.41, 5.74) is 0. The third-order valence-corrected chi connectivity index (χ3v) is 2.58. The SMILES string of the molecule is CC(C)CC(NC(=O)OCc1ccco1)C(=O)NCC#N. The molecule has 1 atom stereocenters. The van der Waals surface area contributed by atoms with Crippen LogP contribution in [-0.2, 0) is 16.1 Å². The molecule has 0 aromatic carbocycles. The number of hydrogen-bond donors (Lipinski definition) is 2. The maximum Gasteiger partial charge on any atom is 0.408 e. The monoisotopic (exact) mass is 293 g/mol. The van der Waals surface area contributed by atoms with Crippen LogP contribution < -0.4 is 10.6 Å². The lowest BCUT2D eigenvalue weighted by atomic mass is 10.0. The van der Waals surface area contributed by atoms with Gasteiger partial charge in [0.2, 0.25) is 5.91 Å². The second-order valence-corrected chi connectivity index (χ2v) is 4.86. The van der Waals surface area contributed by atoms with Gasteiger partial charge in [0.05, 0.1) is 12.3 Å². The molecule has 0 bridgehead atoms. The van der Waals surface area contributed by atoms with Crippen LogP contribution in [-0.4, -0.2) is 24.6 Å². The van der Waals surface area contributed by atoms with E-state index in [-0.39, 0.29) is 19.1 Å². The standard InChI is InChI=1S/C14H19N3O4/c1-10(2)8-12(13(18)16-6-5-15)17-14(19)21-9-11-4-3-7-20-11/h3-4,7,10,12H,6,8-9H2,1-2H3,(H,16,18)(H,17,19). The van der Waals surface area contributed by atoms with Gasteiger partial charge in [0.25, 0.3) is 0 Å². The minimum Gasteiger partial charge on any atom is -0.466 e. The zero-order chi connectivity index (χ0) is 15.7. The summed E-state index contributed by atoms with van der Waals surface area (Å²) in [5.74, 6) is 0.313. The van der Waals surface area contributed by atoms with Gasteiger partial charge < -0.3 is 19.8 Å². The van der Waals surface area contributed by atoms with E-state index < -0.39 is 18.0 Å². The Morgan fingerprint density at radius 3 is 2.81 bits per heavy atom. The highest BCUT2D eigenvalue weighted by Crippen LogP contribution is 2.06. The molecule has 0 radical (unpaired) electrons. The number of rotatable bonds is 7. The Balaban J connectivity index is 2.48. The van der Waals surface area contributed by atoms with Crippen molar-refractivity contribution in [3.05, 3.63) is 24.2 Å². The van der Waals surface area contributed by atoms with E-state index in [9.17, 15) is 9.59 Å². The number of furan rings is 1. The predicted octanol–water partition coefficient (Wildman–Crippen LogP) is 1.56. The minimum atomic E-state index is -0.734. The van der Waals surface area contributed by atoms with E-state index in [1.165, 1.54) is 6.26 Å². The Morgan fingerprint density at radius 1 is 1.48 bits per heavy atom. The van der Waals surface area contributed by atoms with E-state index in [0.29, 0.717) is 12.2 Å². The smallest absolute Gasteiger partial charge is 0.408 e. The Kier molecular flexibility index (Phi) is 6.81. The van der Waals surface area contributed by atoms with Crippen molar-refractivity contribution < 1.29 is 18.7 Å². The van der Waals surface area contributed by atoms with Gasteiger partial charge in [-0.2, -0.15) is 5.26 Å². The van der Waals surface area contributed by atoms with Gasteiger partial charge in [-0.3, -0.25) is 4.79 Å². The lowest BCUT2D eigenvalue weighted by Gasteiger charge is -2.19. The van der Waals surface area contributed by atoms with E-state index in [4.69, 9.17) is 14.4 Å². The number of nitrogens with one attached hydrogen (secondary N) is 2. The summed E-state index contributed by atoms with van der Waals surface area (Å²) < 4.78 is 10.00. The van der Waals surface area contributed by atoms with Crippen LogP contribution in [0.3, 0.4) is 0 Å². The van der Waals surface area contributed by atoms with Crippen LogP contribution in [0, 0.1) is 17.2 Å². The first-order valence-corrected chi connectivity index (χ1v) is 6.63. The Hall–Kier alpha value is -2.49. The zero-order valence-electron chi connectivity index (χ0n) is 12.1. The van der Waals surface area contributed by atoms with E-state index in [1.54, 1.807) is 12.1 Å². The zero-order valence-corrected chi connectivity index (χ0v) is 12.1. The van der Waals surface area contributed by atoms with Crippen molar-refractivity contribution in [2.24, 2.45) is 5.92 Å². The number of carbonyl (C=O) groups excluding carboxylic acids is 2. The second kappa shape index (κ2) is 8.64. The molecule has 114 valence electrons. The maximum atomic E-state index is 11.9. The van der Waals surface area contributed by atoms with Crippen molar-refractivity contribution in [2.45, 2.75) is 32.9 Å². The summed E-state index contributed by atoms with van der Waals surface area (Å²) in [7, 11) is 0. The molecule has 21 heavy (non-hydrogen) atoms. The molecule has 1 aromatic heterocycles. The van der Waals surface area contributed by atoms with Gasteiger partial charge in [0, 0.05) is 0 Å². The van der Waals surface area contributed by atoms with E-state index in [0.717, 1.165) is 0 Å². The van der Waals surface area contributed by atoms with Gasteiger partial charge in [0.1, 0.15) is 18.3 Å². The van der Waals surface area contributed by atoms with Crippen LogP contribution >= 0.6 is 0 Å². The molecule has 0 saturated heterocycles. The molecule has 1 heterocycles. The molecule has 0 saturated carbocycles. The molecule has 1 unspecified atom stereocenters. The fourth-order valence-corrected chi connectivity index (χ4v) is 1.67. The molecule has 2 N–H and O–H groups in total. The molecule has 0 aliphatic carbocycles. The molecule has 7 heteroatoms. The van der Waals surface area contributed by atoms with Crippen LogP contribution in [0.25, 0.3) is 0 Å². The summed E-state index contributed by atoms with van der Waals surface area (Å²) in [6, 6.07) is 4.45. The molecule has 1 aromatic rings. The van der Waals surface area contributed by atoms with Crippen LogP contribution in [0.1, 0.15) is 26.0 Å². The Labute approximate surface area is 123 Å². The summed E-state index contributed by atoms with van der Waals surface area (Å²) >= 11 is 0. The van der Waals surface area contributed by atoms with Crippen molar-refractivity contribution in [1.29, 1.82) is 5.26 Å². The topological polar surface area (TPSA) is 104 Å². The number of ether oxygens (including phenoxy) is 1. The minimum absolute atomic E-state index is 0.00690. The molecule has 7 nitrogen and oxygen atoms in total. The average Bonchev–Trinajstić information content (AvgIpc) is 2.94. The average molecular weight is 293 g/mol. The number of nitriles is 1. The first-order chi connectivity index (χ1) is 10.0. The lowest BCUT2D eigenvalue weighted by Crippen LogP contribution is -2.47. The highest BCUT2D eigenvalue weighted by atomic mass is 16.6. The lowest BCUT2D eigenvalue weighted by molar-refractivity contribution is -0.123. The van der Waals surface area contributed by atoms with E-state index in [2.05, 4.69) is 10.6 Å². The number of nitrogens with zero attached hydrogens (tertiary/aromatic N) is 1. The fraction of sp³-hybridized carbons (Fsp3) is 0.500. The number of carbonyl (C=O) groups is 2. The molecule has 0 spiro atoms. The molecular weight excluding hydrogens is 274 g/mol. The van der Waals surface area contributed by atoms with Gasteiger partial charge >= 0.3 is 6.09 Å². The first kappa shape index (κ1) is 16.6. The quantitative estimate of drug-likeness (QED) is 0.742. The van der Waals surface area contributed by atoms with Gasteiger partial charge in [-0.1, -0.05) is 13.8 Å². The van der Waals surface area contributed by atoms with Crippen molar-refractivity contribution in [2.75, 3.05) is 6.54 Å². The Bertz CT molecular complexity index is 491. The maximum absolute atomic E-state index is 11.9. The van der Waals surface area contributed by atoms with Crippen LogP contribution in [0.15, 0.2) is 22.8 Å². The van der Waals surface area contributed by atoms with Crippen molar-refractivity contribution in [1.82, 2.24) is 10.6 Å². The summed E-state index contributed by atoms with van der Waals surface area (Å²) in [6.07, 6.45) is 1.23. The molecule has 0 fully saturated rings. The fourth-order valence-electron chi connectivity index (χ4n) is 1.67. The first-order valence-electron chi connectivity index (χ1n) is 6.63. The van der Waals surface area contributed by atoms with Crippen molar-refractivity contribution in [3.8, 4) is 6.07 Å². The van der Waals surface area contributed by atoms with Gasteiger partial charge in [0.15, 0.2) is 6.61 Å². The largest absolute Gasteiger partial charge is 0.466 e. The predicted molar refractivity (Wildman–Crippen MR) is 73.9 cm³/mol. The second-order valence-electron chi connectivity index (χ2n) is 4.86. The highest BCUT2D eigenvalue weighted by molar-refractivity contribution is 5.85. The van der Waals surface area contributed by atoms with Crippen molar-refractivity contribution in [3.63, 3.8) is 0 Å². The van der Waals surface area contributed by atoms with E-state index in [1.807, 2.05) is 19.9 Å². The highest BCUT2D eigenvalue weighted by Gasteiger charge is 2.22.